The molecular formula is C8H17ClO2Si. The smallest absolute Gasteiger partial charge is 0.342 e. The van der Waals surface area contributed by atoms with Gasteiger partial charge in [-0.2, -0.15) is 0 Å². The standard InChI is InChI=1S/C8H17ClO2Si/c1-10-12(11-2)8(9)6-4-3-5-7-8/h12H,3-7H2,1-2H3. The summed E-state index contributed by atoms with van der Waals surface area (Å²) in [6, 6.07) is 0. The first-order valence-electron chi connectivity index (χ1n) is 4.47. The number of halogens is 1. The molecule has 12 heavy (non-hydrogen) atoms. The summed E-state index contributed by atoms with van der Waals surface area (Å²) in [5.74, 6) is 0. The molecule has 72 valence electrons. The highest BCUT2D eigenvalue weighted by Crippen LogP contribution is 2.36. The fourth-order valence-electron chi connectivity index (χ4n) is 1.89. The molecule has 1 fully saturated rings. The Labute approximate surface area is 81.0 Å². The lowest BCUT2D eigenvalue weighted by Gasteiger charge is -2.34. The Morgan fingerprint density at radius 1 is 1.08 bits per heavy atom. The van der Waals surface area contributed by atoms with Crippen molar-refractivity contribution in [3.8, 4) is 0 Å². The summed E-state index contributed by atoms with van der Waals surface area (Å²) in [7, 11) is 1.79. The average molecular weight is 209 g/mol. The molecule has 0 bridgehead atoms. The SMILES string of the molecule is CO[SiH](OC)C1(Cl)CCCCC1. The zero-order valence-corrected chi connectivity index (χ0v) is 9.72. The van der Waals surface area contributed by atoms with Crippen LogP contribution in [0.15, 0.2) is 0 Å². The van der Waals surface area contributed by atoms with Crippen LogP contribution in [0.5, 0.6) is 0 Å². The summed E-state index contributed by atoms with van der Waals surface area (Å²) in [6.45, 7) is 0. The molecule has 0 heterocycles. The minimum Gasteiger partial charge on any atom is -0.399 e. The van der Waals surface area contributed by atoms with E-state index in [9.17, 15) is 0 Å². The van der Waals surface area contributed by atoms with Gasteiger partial charge in [0.15, 0.2) is 0 Å². The first-order chi connectivity index (χ1) is 5.73. The fraction of sp³-hybridized carbons (Fsp3) is 1.00. The van der Waals surface area contributed by atoms with Crippen LogP contribution in [-0.4, -0.2) is 28.0 Å². The quantitative estimate of drug-likeness (QED) is 0.522. The van der Waals surface area contributed by atoms with E-state index in [1.165, 1.54) is 19.3 Å². The number of rotatable bonds is 3. The molecule has 0 aromatic heterocycles. The van der Waals surface area contributed by atoms with Crippen LogP contribution < -0.4 is 0 Å². The van der Waals surface area contributed by atoms with E-state index >= 15 is 0 Å². The molecule has 0 spiro atoms. The van der Waals surface area contributed by atoms with E-state index < -0.39 is 9.28 Å². The zero-order chi connectivity index (χ0) is 9.03. The predicted octanol–water partition coefficient (Wildman–Crippen LogP) is 1.98. The molecule has 0 unspecified atom stereocenters. The van der Waals surface area contributed by atoms with Gasteiger partial charge in [-0.15, -0.1) is 11.6 Å². The maximum Gasteiger partial charge on any atom is 0.342 e. The van der Waals surface area contributed by atoms with Gasteiger partial charge in [0, 0.05) is 14.2 Å². The van der Waals surface area contributed by atoms with Gasteiger partial charge in [0.1, 0.15) is 0 Å². The highest BCUT2D eigenvalue weighted by molar-refractivity contribution is 6.62. The Morgan fingerprint density at radius 2 is 1.58 bits per heavy atom. The molecule has 4 heteroatoms. The van der Waals surface area contributed by atoms with Crippen LogP contribution in [0.3, 0.4) is 0 Å². The molecule has 0 atom stereocenters. The third-order valence-corrected chi connectivity index (χ3v) is 5.73. The maximum atomic E-state index is 6.45. The molecule has 1 aliphatic carbocycles. The normalized spacial score (nSPS) is 23.0. The van der Waals surface area contributed by atoms with Gasteiger partial charge >= 0.3 is 9.28 Å². The molecule has 1 rings (SSSR count). The minimum absolute atomic E-state index is 0.137. The van der Waals surface area contributed by atoms with E-state index in [1.807, 2.05) is 0 Å². The topological polar surface area (TPSA) is 18.5 Å². The van der Waals surface area contributed by atoms with Gasteiger partial charge in [-0.05, 0) is 12.8 Å². The van der Waals surface area contributed by atoms with Gasteiger partial charge in [0.2, 0.25) is 0 Å². The molecule has 2 nitrogen and oxygen atoms in total. The molecule has 0 amide bonds. The van der Waals surface area contributed by atoms with Crippen molar-refractivity contribution in [2.24, 2.45) is 0 Å². The van der Waals surface area contributed by atoms with Gasteiger partial charge in [0.05, 0.1) is 4.50 Å². The lowest BCUT2D eigenvalue weighted by Crippen LogP contribution is -2.45. The lowest BCUT2D eigenvalue weighted by molar-refractivity contribution is 0.244. The third kappa shape index (κ3) is 2.22. The Morgan fingerprint density at radius 3 is 2.00 bits per heavy atom. The van der Waals surface area contributed by atoms with Crippen molar-refractivity contribution in [2.45, 2.75) is 36.6 Å². The van der Waals surface area contributed by atoms with Gasteiger partial charge in [-0.3, -0.25) is 0 Å². The zero-order valence-electron chi connectivity index (χ0n) is 7.81. The van der Waals surface area contributed by atoms with Crippen molar-refractivity contribution in [1.29, 1.82) is 0 Å². The molecule has 0 saturated heterocycles. The van der Waals surface area contributed by atoms with E-state index in [0.717, 1.165) is 12.8 Å². The second kappa shape index (κ2) is 4.60. The molecule has 0 aromatic carbocycles. The van der Waals surface area contributed by atoms with Gasteiger partial charge < -0.3 is 8.85 Å². The summed E-state index contributed by atoms with van der Waals surface area (Å²) in [5, 5.41) is 0. The number of alkyl halides is 1. The van der Waals surface area contributed by atoms with Gasteiger partial charge in [-0.1, -0.05) is 19.3 Å². The molecule has 1 aliphatic rings. The molecular weight excluding hydrogens is 192 g/mol. The Bertz CT molecular complexity index is 133. The summed E-state index contributed by atoms with van der Waals surface area (Å²) in [6.07, 6.45) is 5.88. The Balaban J connectivity index is 2.53. The van der Waals surface area contributed by atoms with E-state index in [-0.39, 0.29) is 4.50 Å². The number of hydrogen-bond donors (Lipinski definition) is 0. The van der Waals surface area contributed by atoms with Crippen LogP contribution in [0.1, 0.15) is 32.1 Å². The summed E-state index contributed by atoms with van der Waals surface area (Å²) in [5.41, 5.74) is 0. The highest BCUT2D eigenvalue weighted by Gasteiger charge is 2.41. The van der Waals surface area contributed by atoms with Crippen LogP contribution in [0.4, 0.5) is 0 Å². The maximum absolute atomic E-state index is 6.45. The molecule has 0 radical (unpaired) electrons. The van der Waals surface area contributed by atoms with Crippen molar-refractivity contribution in [2.75, 3.05) is 14.2 Å². The van der Waals surface area contributed by atoms with Gasteiger partial charge in [0.25, 0.3) is 0 Å². The van der Waals surface area contributed by atoms with Crippen molar-refractivity contribution >= 4 is 20.9 Å². The average Bonchev–Trinajstić information content (AvgIpc) is 2.07. The molecule has 0 aromatic rings. The van der Waals surface area contributed by atoms with E-state index in [0.29, 0.717) is 0 Å². The van der Waals surface area contributed by atoms with E-state index in [1.54, 1.807) is 14.2 Å². The van der Waals surface area contributed by atoms with Crippen molar-refractivity contribution < 1.29 is 8.85 Å². The summed E-state index contributed by atoms with van der Waals surface area (Å²) >= 11 is 6.45. The Hall–Kier alpha value is 0.427. The van der Waals surface area contributed by atoms with Gasteiger partial charge in [-0.25, -0.2) is 0 Å². The second-order valence-electron chi connectivity index (χ2n) is 3.40. The van der Waals surface area contributed by atoms with Crippen LogP contribution >= 0.6 is 11.6 Å². The van der Waals surface area contributed by atoms with Crippen LogP contribution in [-0.2, 0) is 8.85 Å². The van der Waals surface area contributed by atoms with E-state index in [4.69, 9.17) is 20.5 Å². The highest BCUT2D eigenvalue weighted by atomic mass is 35.5. The van der Waals surface area contributed by atoms with Crippen molar-refractivity contribution in [3.63, 3.8) is 0 Å². The predicted molar refractivity (Wildman–Crippen MR) is 52.8 cm³/mol. The molecule has 1 saturated carbocycles. The lowest BCUT2D eigenvalue weighted by atomic mass is 10.00. The molecule has 0 aliphatic heterocycles. The van der Waals surface area contributed by atoms with Crippen molar-refractivity contribution in [1.82, 2.24) is 0 Å². The van der Waals surface area contributed by atoms with Crippen molar-refractivity contribution in [3.05, 3.63) is 0 Å². The number of hydrogen-bond acceptors (Lipinski definition) is 2. The largest absolute Gasteiger partial charge is 0.399 e. The Kier molecular flexibility index (Phi) is 4.03. The monoisotopic (exact) mass is 208 g/mol. The first-order valence-corrected chi connectivity index (χ1v) is 6.37. The summed E-state index contributed by atoms with van der Waals surface area (Å²) in [4.78, 5) is 0. The van der Waals surface area contributed by atoms with Crippen LogP contribution in [0.2, 0.25) is 0 Å². The second-order valence-corrected chi connectivity index (χ2v) is 7.23. The van der Waals surface area contributed by atoms with Crippen LogP contribution in [0.25, 0.3) is 0 Å². The van der Waals surface area contributed by atoms with Crippen LogP contribution in [0, 0.1) is 0 Å². The van der Waals surface area contributed by atoms with E-state index in [2.05, 4.69) is 0 Å². The summed E-state index contributed by atoms with van der Waals surface area (Å²) < 4.78 is 10.5. The first kappa shape index (κ1) is 10.5. The third-order valence-electron chi connectivity index (χ3n) is 2.54. The molecule has 0 N–H and O–H groups in total. The minimum atomic E-state index is -1.62. The fourth-order valence-corrected chi connectivity index (χ4v) is 4.61.